The summed E-state index contributed by atoms with van der Waals surface area (Å²) in [4.78, 5) is 4.82. The van der Waals surface area contributed by atoms with Gasteiger partial charge < -0.3 is 4.84 Å². The van der Waals surface area contributed by atoms with Gasteiger partial charge in [-0.2, -0.15) is 5.10 Å². The van der Waals surface area contributed by atoms with Crippen LogP contribution in [-0.4, -0.2) is 28.2 Å². The second-order valence-corrected chi connectivity index (χ2v) is 4.56. The number of hydrogen-bond donors (Lipinski definition) is 0. The van der Waals surface area contributed by atoms with Crippen LogP contribution in [-0.2, 0) is 11.9 Å². The normalized spacial score (nSPS) is 11.0. The first kappa shape index (κ1) is 16.0. The third-order valence-electron chi connectivity index (χ3n) is 2.54. The van der Waals surface area contributed by atoms with Crippen LogP contribution < -0.4 is 0 Å². The SMILES string of the molecule is CON=C(SC)c1ccc(-c2cnn(C)c2)cc1.I. The summed E-state index contributed by atoms with van der Waals surface area (Å²) in [5.41, 5.74) is 3.31. The van der Waals surface area contributed by atoms with E-state index < -0.39 is 0 Å². The molecule has 0 amide bonds. The standard InChI is InChI=1S/C13H15N3OS.HI/c1-16-9-12(8-14-16)10-4-6-11(7-5-10)13(18-3)15-17-2;/h4-9H,1-3H3;1H. The van der Waals surface area contributed by atoms with Crippen molar-refractivity contribution in [1.29, 1.82) is 0 Å². The number of rotatable bonds is 3. The number of benzene rings is 1. The van der Waals surface area contributed by atoms with E-state index in [0.29, 0.717) is 0 Å². The Kier molecular flexibility index (Phi) is 6.36. The lowest BCUT2D eigenvalue weighted by atomic mass is 10.1. The average molecular weight is 389 g/mol. The average Bonchev–Trinajstić information content (AvgIpc) is 2.83. The van der Waals surface area contributed by atoms with E-state index in [-0.39, 0.29) is 24.0 Å². The Bertz CT molecular complexity index is 551. The third-order valence-corrected chi connectivity index (χ3v) is 3.23. The molecule has 0 saturated carbocycles. The van der Waals surface area contributed by atoms with Gasteiger partial charge in [0, 0.05) is 24.4 Å². The highest BCUT2D eigenvalue weighted by molar-refractivity contribution is 14.0. The van der Waals surface area contributed by atoms with Crippen LogP contribution in [0.15, 0.2) is 41.8 Å². The summed E-state index contributed by atoms with van der Waals surface area (Å²) < 4.78 is 1.79. The monoisotopic (exact) mass is 389 g/mol. The van der Waals surface area contributed by atoms with E-state index in [1.165, 1.54) is 0 Å². The summed E-state index contributed by atoms with van der Waals surface area (Å²) in [6.45, 7) is 0. The molecule has 19 heavy (non-hydrogen) atoms. The summed E-state index contributed by atoms with van der Waals surface area (Å²) >= 11 is 1.56. The van der Waals surface area contributed by atoms with Crippen LogP contribution in [0.25, 0.3) is 11.1 Å². The van der Waals surface area contributed by atoms with Crippen molar-refractivity contribution >= 4 is 40.8 Å². The van der Waals surface area contributed by atoms with Crippen molar-refractivity contribution in [2.45, 2.75) is 0 Å². The van der Waals surface area contributed by atoms with Crippen LogP contribution in [0, 0.1) is 0 Å². The fourth-order valence-corrected chi connectivity index (χ4v) is 2.19. The minimum atomic E-state index is 0. The molecular weight excluding hydrogens is 373 g/mol. The van der Waals surface area contributed by atoms with E-state index in [2.05, 4.69) is 22.4 Å². The third kappa shape index (κ3) is 3.97. The summed E-state index contributed by atoms with van der Waals surface area (Å²) in [5, 5.41) is 9.02. The molecule has 0 fully saturated rings. The van der Waals surface area contributed by atoms with E-state index in [0.717, 1.165) is 21.7 Å². The molecule has 2 aromatic rings. The van der Waals surface area contributed by atoms with Crippen LogP contribution in [0.1, 0.15) is 5.56 Å². The van der Waals surface area contributed by atoms with Gasteiger partial charge in [-0.1, -0.05) is 29.4 Å². The quantitative estimate of drug-likeness (QED) is 0.350. The molecule has 1 aromatic carbocycles. The number of aryl methyl sites for hydroxylation is 1. The van der Waals surface area contributed by atoms with Gasteiger partial charge >= 0.3 is 0 Å². The minimum absolute atomic E-state index is 0. The number of nitrogens with zero attached hydrogens (tertiary/aromatic N) is 3. The van der Waals surface area contributed by atoms with Crippen molar-refractivity contribution in [3.8, 4) is 11.1 Å². The Morgan fingerprint density at radius 2 is 1.95 bits per heavy atom. The van der Waals surface area contributed by atoms with Gasteiger partial charge in [-0.25, -0.2) is 0 Å². The largest absolute Gasteiger partial charge is 0.398 e. The smallest absolute Gasteiger partial charge is 0.142 e. The predicted octanol–water partition coefficient (Wildman–Crippen LogP) is 3.38. The minimum Gasteiger partial charge on any atom is -0.398 e. The van der Waals surface area contributed by atoms with E-state index in [4.69, 9.17) is 4.84 Å². The molecule has 0 aliphatic heterocycles. The molecule has 2 rings (SSSR count). The molecule has 1 heterocycles. The van der Waals surface area contributed by atoms with E-state index in [9.17, 15) is 0 Å². The Morgan fingerprint density at radius 3 is 2.42 bits per heavy atom. The van der Waals surface area contributed by atoms with Gasteiger partial charge in [-0.05, 0) is 11.8 Å². The lowest BCUT2D eigenvalue weighted by Gasteiger charge is -2.03. The van der Waals surface area contributed by atoms with Crippen LogP contribution >= 0.6 is 35.7 Å². The van der Waals surface area contributed by atoms with Gasteiger partial charge in [0.15, 0.2) is 0 Å². The molecule has 0 bridgehead atoms. The highest BCUT2D eigenvalue weighted by Gasteiger charge is 2.04. The van der Waals surface area contributed by atoms with E-state index >= 15 is 0 Å². The zero-order chi connectivity index (χ0) is 13.0. The zero-order valence-electron chi connectivity index (χ0n) is 11.0. The van der Waals surface area contributed by atoms with Crippen LogP contribution in [0.3, 0.4) is 0 Å². The summed E-state index contributed by atoms with van der Waals surface area (Å²) in [6, 6.07) is 8.20. The van der Waals surface area contributed by atoms with Gasteiger partial charge in [0.05, 0.1) is 6.20 Å². The van der Waals surface area contributed by atoms with Crippen molar-refractivity contribution in [2.75, 3.05) is 13.4 Å². The molecule has 0 spiro atoms. The number of aromatic nitrogens is 2. The highest BCUT2D eigenvalue weighted by Crippen LogP contribution is 2.20. The molecule has 0 N–H and O–H groups in total. The number of thioether (sulfide) groups is 1. The Hall–Kier alpha value is -1.02. The maximum Gasteiger partial charge on any atom is 0.142 e. The molecule has 6 heteroatoms. The molecule has 0 radical (unpaired) electrons. The Labute approximate surface area is 134 Å². The van der Waals surface area contributed by atoms with Crippen molar-refractivity contribution in [2.24, 2.45) is 12.2 Å². The maximum atomic E-state index is 4.82. The van der Waals surface area contributed by atoms with Gasteiger partial charge in [0.25, 0.3) is 0 Å². The van der Waals surface area contributed by atoms with E-state index in [1.54, 1.807) is 23.6 Å². The van der Waals surface area contributed by atoms with Gasteiger partial charge in [0.1, 0.15) is 12.2 Å². The molecular formula is C13H16IN3OS. The summed E-state index contributed by atoms with van der Waals surface area (Å²) in [6.07, 6.45) is 5.83. The molecule has 4 nitrogen and oxygen atoms in total. The van der Waals surface area contributed by atoms with Gasteiger partial charge in [-0.3, -0.25) is 4.68 Å². The topological polar surface area (TPSA) is 39.4 Å². The zero-order valence-corrected chi connectivity index (χ0v) is 14.2. The van der Waals surface area contributed by atoms with E-state index in [1.807, 2.05) is 37.8 Å². The molecule has 0 aliphatic carbocycles. The molecule has 0 saturated heterocycles. The molecule has 102 valence electrons. The molecule has 0 unspecified atom stereocenters. The van der Waals surface area contributed by atoms with Crippen molar-refractivity contribution < 1.29 is 4.84 Å². The van der Waals surface area contributed by atoms with Gasteiger partial charge in [0.2, 0.25) is 0 Å². The second-order valence-electron chi connectivity index (χ2n) is 3.76. The van der Waals surface area contributed by atoms with Crippen molar-refractivity contribution in [3.05, 3.63) is 42.2 Å². The first-order chi connectivity index (χ1) is 8.74. The Morgan fingerprint density at radius 1 is 1.26 bits per heavy atom. The predicted molar refractivity (Wildman–Crippen MR) is 91.1 cm³/mol. The fraction of sp³-hybridized carbons (Fsp3) is 0.231. The van der Waals surface area contributed by atoms with Crippen LogP contribution in [0.4, 0.5) is 0 Å². The summed E-state index contributed by atoms with van der Waals surface area (Å²) in [5.74, 6) is 0. The fourth-order valence-electron chi connectivity index (χ4n) is 1.67. The Balaban J connectivity index is 0.00000180. The second kappa shape index (κ2) is 7.54. The van der Waals surface area contributed by atoms with Crippen LogP contribution in [0.2, 0.25) is 0 Å². The van der Waals surface area contributed by atoms with Gasteiger partial charge in [-0.15, -0.1) is 35.7 Å². The lowest BCUT2D eigenvalue weighted by Crippen LogP contribution is -1.95. The molecule has 1 aromatic heterocycles. The number of halogens is 1. The highest BCUT2D eigenvalue weighted by atomic mass is 127. The lowest BCUT2D eigenvalue weighted by molar-refractivity contribution is 0.215. The number of oxime groups is 1. The molecule has 0 atom stereocenters. The maximum absolute atomic E-state index is 4.82. The number of hydrogen-bond acceptors (Lipinski definition) is 4. The van der Waals surface area contributed by atoms with Crippen LogP contribution in [0.5, 0.6) is 0 Å². The first-order valence-electron chi connectivity index (χ1n) is 5.49. The van der Waals surface area contributed by atoms with Crippen molar-refractivity contribution in [3.63, 3.8) is 0 Å². The summed E-state index contributed by atoms with van der Waals surface area (Å²) in [7, 11) is 3.47. The van der Waals surface area contributed by atoms with Crippen molar-refractivity contribution in [1.82, 2.24) is 9.78 Å². The first-order valence-corrected chi connectivity index (χ1v) is 6.71. The molecule has 0 aliphatic rings.